The normalized spacial score (nSPS) is 11.2. The second kappa shape index (κ2) is 16.1. The number of aromatic hydroxyl groups is 1. The Bertz CT molecular complexity index is 1910. The van der Waals surface area contributed by atoms with Crippen molar-refractivity contribution in [2.24, 2.45) is 16.0 Å². The van der Waals surface area contributed by atoms with Crippen LogP contribution < -0.4 is 21.9 Å². The monoisotopic (exact) mass is 693 g/mol. The average Bonchev–Trinajstić information content (AvgIpc) is 2.97. The first-order valence-corrected chi connectivity index (χ1v) is 15.8. The third-order valence-electron chi connectivity index (χ3n) is 5.74. The van der Waals surface area contributed by atoms with Gasteiger partial charge < -0.3 is 21.5 Å². The molecule has 20 heteroatoms. The van der Waals surface area contributed by atoms with Crippen molar-refractivity contribution in [3.05, 3.63) is 75.3 Å². The van der Waals surface area contributed by atoms with E-state index >= 15 is 0 Å². The number of benzene rings is 2. The van der Waals surface area contributed by atoms with E-state index in [9.17, 15) is 27.7 Å². The van der Waals surface area contributed by atoms with E-state index < -0.39 is 32.4 Å². The van der Waals surface area contributed by atoms with Gasteiger partial charge in [0.2, 0.25) is 23.1 Å². The smallest absolute Gasteiger partial charge is 0.296 e. The molecule has 46 heavy (non-hydrogen) atoms. The minimum Gasteiger partial charge on any atom is -0.494 e. The lowest BCUT2D eigenvalue weighted by molar-refractivity contribution is -0.159. The van der Waals surface area contributed by atoms with Gasteiger partial charge in [-0.15, -0.1) is 10.2 Å². The number of halogens is 1. The molecule has 0 atom stereocenters. The topological polar surface area (TPSA) is 246 Å². The number of hydrogen-bond donors (Lipinski definition) is 5. The van der Waals surface area contributed by atoms with Crippen molar-refractivity contribution in [1.29, 1.82) is 0 Å². The van der Waals surface area contributed by atoms with E-state index in [4.69, 9.17) is 17.3 Å². The second-order valence-corrected chi connectivity index (χ2v) is 10.9. The summed E-state index contributed by atoms with van der Waals surface area (Å²) in [5, 5.41) is 23.7. The average molecular weight is 694 g/mol. The van der Waals surface area contributed by atoms with Crippen LogP contribution in [0, 0.1) is 6.92 Å². The SMILES string of the molecule is CCn1c(O)c(C(N)=O)c(C)c(N=Nc2cc(Nc3nc(Cl)nc(Nc4ccccc4)n3)ccc2S(=O)(=O)O)c1=O.COOSC. The highest BCUT2D eigenvalue weighted by Gasteiger charge is 2.23. The van der Waals surface area contributed by atoms with E-state index in [0.717, 1.165) is 10.6 Å². The van der Waals surface area contributed by atoms with Gasteiger partial charge in [0, 0.05) is 41.8 Å². The number of carbonyl (C=O) groups excluding carboxylic acids is 1. The summed E-state index contributed by atoms with van der Waals surface area (Å²) in [5.41, 5.74) is 4.27. The first-order chi connectivity index (χ1) is 21.8. The van der Waals surface area contributed by atoms with Crippen LogP contribution in [0.3, 0.4) is 0 Å². The molecule has 2 aromatic heterocycles. The molecule has 244 valence electrons. The number of para-hydroxylation sites is 1. The van der Waals surface area contributed by atoms with Gasteiger partial charge in [0.25, 0.3) is 21.6 Å². The molecule has 6 N–H and O–H groups in total. The summed E-state index contributed by atoms with van der Waals surface area (Å²) >= 11 is 7.23. The van der Waals surface area contributed by atoms with Gasteiger partial charge in [0.15, 0.2) is 5.69 Å². The number of nitrogens with zero attached hydrogens (tertiary/aromatic N) is 6. The van der Waals surface area contributed by atoms with Gasteiger partial charge in [0.05, 0.1) is 7.11 Å². The number of pyridine rings is 1. The van der Waals surface area contributed by atoms with Gasteiger partial charge in [-0.2, -0.15) is 27.7 Å². The highest BCUT2D eigenvalue weighted by atomic mass is 35.5. The van der Waals surface area contributed by atoms with Crippen molar-refractivity contribution in [1.82, 2.24) is 19.5 Å². The lowest BCUT2D eigenvalue weighted by Crippen LogP contribution is -2.25. The molecule has 0 fully saturated rings. The third kappa shape index (κ3) is 9.19. The highest BCUT2D eigenvalue weighted by Crippen LogP contribution is 2.32. The van der Waals surface area contributed by atoms with Crippen LogP contribution in [-0.2, 0) is 25.9 Å². The number of primary amides is 1. The lowest BCUT2D eigenvalue weighted by Gasteiger charge is -2.13. The van der Waals surface area contributed by atoms with Crippen LogP contribution in [0.15, 0.2) is 68.4 Å². The Morgan fingerprint density at radius 1 is 1.09 bits per heavy atom. The Morgan fingerprint density at radius 3 is 2.24 bits per heavy atom. The molecular formula is C26H28ClN9O8S2. The molecule has 2 heterocycles. The molecule has 17 nitrogen and oxygen atoms in total. The van der Waals surface area contributed by atoms with Crippen LogP contribution in [-0.4, -0.2) is 56.9 Å². The van der Waals surface area contributed by atoms with Gasteiger partial charge in [-0.3, -0.25) is 18.7 Å². The predicted molar refractivity (Wildman–Crippen MR) is 171 cm³/mol. The van der Waals surface area contributed by atoms with Gasteiger partial charge in [0.1, 0.15) is 16.1 Å². The van der Waals surface area contributed by atoms with Gasteiger partial charge in [-0.1, -0.05) is 18.2 Å². The van der Waals surface area contributed by atoms with E-state index in [-0.39, 0.29) is 51.9 Å². The first kappa shape index (κ1) is 35.8. The molecule has 0 bridgehead atoms. The summed E-state index contributed by atoms with van der Waals surface area (Å²) in [7, 11) is -3.32. The van der Waals surface area contributed by atoms with Crippen molar-refractivity contribution >= 4 is 74.3 Å². The molecule has 0 saturated heterocycles. The van der Waals surface area contributed by atoms with Crippen LogP contribution >= 0.6 is 23.6 Å². The largest absolute Gasteiger partial charge is 0.494 e. The molecule has 0 saturated carbocycles. The van der Waals surface area contributed by atoms with E-state index in [0.29, 0.717) is 5.69 Å². The zero-order valence-corrected chi connectivity index (χ0v) is 27.0. The summed E-state index contributed by atoms with van der Waals surface area (Å²) in [4.78, 5) is 40.6. The molecule has 4 rings (SSSR count). The standard InChI is InChI=1S/C24H22ClN9O6S.C2H6O2S/c1-3-34-20(36)17(19(26)35)12(2)18(21(34)37)33-32-15-11-14(9-10-16(15)41(38,39)40)28-24-30-22(25)29-23(31-24)27-13-7-5-4-6-8-13;1-3-4-5-2/h4-11,36H,3H2,1-2H3,(H2,26,35)(H,38,39,40)(H2,27,28,29,30,31);1-2H3. The van der Waals surface area contributed by atoms with Gasteiger partial charge in [-0.25, -0.2) is 4.89 Å². The minimum absolute atomic E-state index is 0.0164. The Kier molecular flexibility index (Phi) is 12.5. The number of aromatic nitrogens is 4. The Labute approximate surface area is 271 Å². The van der Waals surface area contributed by atoms with Crippen LogP contribution in [0.25, 0.3) is 0 Å². The Balaban J connectivity index is 0.00000107. The maximum absolute atomic E-state index is 12.9. The molecule has 0 unspecified atom stereocenters. The molecule has 0 aliphatic heterocycles. The molecule has 0 aliphatic carbocycles. The molecule has 2 aromatic carbocycles. The molecule has 0 radical (unpaired) electrons. The lowest BCUT2D eigenvalue weighted by atomic mass is 10.1. The molecular weight excluding hydrogens is 666 g/mol. The number of nitrogens with one attached hydrogen (secondary N) is 2. The van der Waals surface area contributed by atoms with E-state index in [1.54, 1.807) is 25.3 Å². The van der Waals surface area contributed by atoms with Crippen LogP contribution in [0.5, 0.6) is 5.88 Å². The summed E-state index contributed by atoms with van der Waals surface area (Å²) in [6.07, 6.45) is 1.78. The van der Waals surface area contributed by atoms with E-state index in [2.05, 4.69) is 45.0 Å². The quantitative estimate of drug-likeness (QED) is 0.0465. The predicted octanol–water partition coefficient (Wildman–Crippen LogP) is 4.81. The van der Waals surface area contributed by atoms with Crippen molar-refractivity contribution in [2.45, 2.75) is 25.3 Å². The van der Waals surface area contributed by atoms with E-state index in [1.165, 1.54) is 38.2 Å². The maximum Gasteiger partial charge on any atom is 0.296 e. The minimum atomic E-state index is -4.79. The molecule has 1 amide bonds. The number of azo groups is 1. The van der Waals surface area contributed by atoms with Crippen molar-refractivity contribution in [3.63, 3.8) is 0 Å². The maximum atomic E-state index is 12.9. The highest BCUT2D eigenvalue weighted by molar-refractivity contribution is 7.93. The summed E-state index contributed by atoms with van der Waals surface area (Å²) < 4.78 is 38.9. The zero-order chi connectivity index (χ0) is 34.0. The first-order valence-electron chi connectivity index (χ1n) is 12.8. The number of nitrogens with two attached hydrogens (primary N) is 1. The van der Waals surface area contributed by atoms with Crippen LogP contribution in [0.4, 0.5) is 34.6 Å². The van der Waals surface area contributed by atoms with Gasteiger partial charge in [-0.05, 0) is 55.8 Å². The van der Waals surface area contributed by atoms with Crippen LogP contribution in [0.1, 0.15) is 22.8 Å². The molecule has 4 aromatic rings. The summed E-state index contributed by atoms with van der Waals surface area (Å²) in [6, 6.07) is 12.6. The number of amides is 1. The molecule has 0 spiro atoms. The van der Waals surface area contributed by atoms with E-state index in [1.807, 2.05) is 18.2 Å². The fourth-order valence-electron chi connectivity index (χ4n) is 3.82. The fraction of sp³-hybridized carbons (Fsp3) is 0.192. The summed E-state index contributed by atoms with van der Waals surface area (Å²) in [6.45, 7) is 2.84. The zero-order valence-electron chi connectivity index (χ0n) is 24.6. The molecule has 0 aliphatic rings. The Hall–Kier alpha value is -4.66. The van der Waals surface area contributed by atoms with Gasteiger partial charge >= 0.3 is 0 Å². The number of rotatable bonds is 11. The van der Waals surface area contributed by atoms with Crippen molar-refractivity contribution in [3.8, 4) is 5.88 Å². The second-order valence-electron chi connectivity index (χ2n) is 8.71. The number of carbonyl (C=O) groups is 1. The van der Waals surface area contributed by atoms with Crippen molar-refractivity contribution in [2.75, 3.05) is 24.0 Å². The summed E-state index contributed by atoms with van der Waals surface area (Å²) in [5.74, 6) is -1.55. The Morgan fingerprint density at radius 2 is 1.72 bits per heavy atom. The number of anilines is 4. The third-order valence-corrected chi connectivity index (χ3v) is 7.09. The fourth-order valence-corrected chi connectivity index (χ4v) is 4.72. The number of hydrogen-bond acceptors (Lipinski definition) is 15. The van der Waals surface area contributed by atoms with Crippen LogP contribution in [0.2, 0.25) is 5.28 Å². The van der Waals surface area contributed by atoms with Crippen molar-refractivity contribution < 1.29 is 32.1 Å².